The van der Waals surface area contributed by atoms with Crippen molar-refractivity contribution in [1.29, 1.82) is 0 Å². The number of carbonyl (C=O) groups excluding carboxylic acids is 1. The second-order valence-electron chi connectivity index (χ2n) is 4.43. The van der Waals surface area contributed by atoms with Crippen molar-refractivity contribution in [2.45, 2.75) is 13.5 Å². The van der Waals surface area contributed by atoms with Crippen LogP contribution in [0.1, 0.15) is 21.1 Å². The highest BCUT2D eigenvalue weighted by molar-refractivity contribution is 7.09. The first-order valence-corrected chi connectivity index (χ1v) is 6.72. The Bertz CT molecular complexity index is 703. The van der Waals surface area contributed by atoms with Crippen molar-refractivity contribution in [2.24, 2.45) is 0 Å². The zero-order valence-corrected chi connectivity index (χ0v) is 12.0. The van der Waals surface area contributed by atoms with Gasteiger partial charge in [-0.05, 0) is 13.0 Å². The van der Waals surface area contributed by atoms with Crippen LogP contribution in [0.2, 0.25) is 0 Å². The summed E-state index contributed by atoms with van der Waals surface area (Å²) in [5.74, 6) is -7.08. The fourth-order valence-electron chi connectivity index (χ4n) is 1.70. The molecule has 0 saturated carbocycles. The normalized spacial score (nSPS) is 10.7. The summed E-state index contributed by atoms with van der Waals surface area (Å²) in [7, 11) is 1.37. The Balaban J connectivity index is 2.27. The van der Waals surface area contributed by atoms with Crippen molar-refractivity contribution in [1.82, 2.24) is 9.88 Å². The molecular weight excluding hydrogens is 305 g/mol. The minimum absolute atomic E-state index is 0.0938. The molecule has 1 amide bonds. The van der Waals surface area contributed by atoms with Crippen molar-refractivity contribution in [3.05, 3.63) is 45.2 Å². The maximum absolute atomic E-state index is 13.7. The predicted molar refractivity (Wildman–Crippen MR) is 70.6 cm³/mol. The average molecular weight is 316 g/mol. The average Bonchev–Trinajstić information content (AvgIpc) is 2.85. The van der Waals surface area contributed by atoms with Gasteiger partial charge in [-0.25, -0.2) is 13.8 Å². The lowest BCUT2D eigenvalue weighted by atomic mass is 10.1. The Morgan fingerprint density at radius 2 is 2.05 bits per heavy atom. The van der Waals surface area contributed by atoms with E-state index in [0.717, 1.165) is 10.6 Å². The molecule has 1 aromatic heterocycles. The molecule has 1 N–H and O–H groups in total. The SMILES string of the molecule is Cc1csc(CN(C)C(=O)c2cc(F)c(F)c(O)c2F)n1. The van der Waals surface area contributed by atoms with Crippen LogP contribution >= 0.6 is 11.3 Å². The van der Waals surface area contributed by atoms with E-state index in [0.29, 0.717) is 11.1 Å². The Morgan fingerprint density at radius 3 is 2.62 bits per heavy atom. The molecule has 0 bridgehead atoms. The van der Waals surface area contributed by atoms with Crippen molar-refractivity contribution >= 4 is 17.2 Å². The van der Waals surface area contributed by atoms with Crippen LogP contribution in [0.3, 0.4) is 0 Å². The molecular formula is C13H11F3N2O2S. The van der Waals surface area contributed by atoms with Crippen LogP contribution in [0.4, 0.5) is 13.2 Å². The molecule has 0 atom stereocenters. The van der Waals surface area contributed by atoms with Gasteiger partial charge in [0, 0.05) is 18.1 Å². The molecule has 1 heterocycles. The number of aromatic hydroxyl groups is 1. The second-order valence-corrected chi connectivity index (χ2v) is 5.37. The first-order valence-electron chi connectivity index (χ1n) is 5.84. The van der Waals surface area contributed by atoms with Crippen LogP contribution < -0.4 is 0 Å². The molecule has 0 radical (unpaired) electrons. The number of aromatic nitrogens is 1. The number of nitrogens with zero attached hydrogens (tertiary/aromatic N) is 2. The van der Waals surface area contributed by atoms with Gasteiger partial charge in [-0.15, -0.1) is 11.3 Å². The number of thiazole rings is 1. The number of halogens is 3. The summed E-state index contributed by atoms with van der Waals surface area (Å²) >= 11 is 1.32. The van der Waals surface area contributed by atoms with Crippen LogP contribution in [0.5, 0.6) is 5.75 Å². The number of hydrogen-bond donors (Lipinski definition) is 1. The van der Waals surface area contributed by atoms with Crippen molar-refractivity contribution < 1.29 is 23.1 Å². The van der Waals surface area contributed by atoms with E-state index in [4.69, 9.17) is 5.11 Å². The first-order chi connectivity index (χ1) is 9.81. The van der Waals surface area contributed by atoms with Gasteiger partial charge >= 0.3 is 0 Å². The molecule has 112 valence electrons. The smallest absolute Gasteiger partial charge is 0.257 e. The van der Waals surface area contributed by atoms with Gasteiger partial charge in [-0.1, -0.05) is 0 Å². The molecule has 2 aromatic rings. The lowest BCUT2D eigenvalue weighted by Gasteiger charge is -2.16. The summed E-state index contributed by atoms with van der Waals surface area (Å²) < 4.78 is 39.9. The molecule has 4 nitrogen and oxygen atoms in total. The molecule has 0 aliphatic heterocycles. The monoisotopic (exact) mass is 316 g/mol. The zero-order valence-electron chi connectivity index (χ0n) is 11.2. The molecule has 21 heavy (non-hydrogen) atoms. The Hall–Kier alpha value is -2.09. The first kappa shape index (κ1) is 15.3. The number of phenols is 1. The lowest BCUT2D eigenvalue weighted by Crippen LogP contribution is -2.27. The minimum Gasteiger partial charge on any atom is -0.503 e. The van der Waals surface area contributed by atoms with Gasteiger partial charge in [0.15, 0.2) is 17.4 Å². The molecule has 1 aromatic carbocycles. The van der Waals surface area contributed by atoms with Crippen LogP contribution in [-0.4, -0.2) is 27.9 Å². The lowest BCUT2D eigenvalue weighted by molar-refractivity contribution is 0.0778. The molecule has 0 spiro atoms. The number of rotatable bonds is 3. The third-order valence-corrected chi connectivity index (χ3v) is 3.70. The van der Waals surface area contributed by atoms with Gasteiger partial charge in [-0.3, -0.25) is 4.79 Å². The van der Waals surface area contributed by atoms with Crippen molar-refractivity contribution in [3.63, 3.8) is 0 Å². The third-order valence-electron chi connectivity index (χ3n) is 2.75. The summed E-state index contributed by atoms with van der Waals surface area (Å²) in [6.07, 6.45) is 0. The van der Waals surface area contributed by atoms with Gasteiger partial charge < -0.3 is 10.0 Å². The highest BCUT2D eigenvalue weighted by atomic mass is 32.1. The minimum atomic E-state index is -1.72. The van der Waals surface area contributed by atoms with Crippen molar-refractivity contribution in [3.8, 4) is 5.75 Å². The summed E-state index contributed by atoms with van der Waals surface area (Å²) in [5, 5.41) is 11.5. The number of phenolic OH excluding ortho intramolecular Hbond substituents is 1. The van der Waals surface area contributed by atoms with Gasteiger partial charge in [0.2, 0.25) is 5.82 Å². The fraction of sp³-hybridized carbons (Fsp3) is 0.231. The number of aryl methyl sites for hydroxylation is 1. The van der Waals surface area contributed by atoms with Gasteiger partial charge in [-0.2, -0.15) is 4.39 Å². The zero-order chi connectivity index (χ0) is 15.7. The maximum Gasteiger partial charge on any atom is 0.257 e. The van der Waals surface area contributed by atoms with E-state index in [1.807, 2.05) is 0 Å². The summed E-state index contributed by atoms with van der Waals surface area (Å²) in [5.41, 5.74) is 0.0506. The van der Waals surface area contributed by atoms with Crippen molar-refractivity contribution in [2.75, 3.05) is 7.05 Å². The summed E-state index contributed by atoms with van der Waals surface area (Å²) in [6, 6.07) is 0.427. The van der Waals surface area contributed by atoms with Crippen LogP contribution in [0.15, 0.2) is 11.4 Å². The summed E-state index contributed by atoms with van der Waals surface area (Å²) in [4.78, 5) is 17.3. The van der Waals surface area contributed by atoms with Gasteiger partial charge in [0.25, 0.3) is 5.91 Å². The Morgan fingerprint density at radius 1 is 1.38 bits per heavy atom. The fourth-order valence-corrected chi connectivity index (χ4v) is 2.53. The Kier molecular flexibility index (Phi) is 4.17. The highest BCUT2D eigenvalue weighted by Gasteiger charge is 2.24. The third kappa shape index (κ3) is 2.99. The topological polar surface area (TPSA) is 53.4 Å². The molecule has 8 heteroatoms. The predicted octanol–water partition coefficient (Wildman–Crippen LogP) is 2.85. The van der Waals surface area contributed by atoms with E-state index in [1.165, 1.54) is 18.4 Å². The number of carbonyl (C=O) groups is 1. The quantitative estimate of drug-likeness (QED) is 0.886. The van der Waals surface area contributed by atoms with Crippen LogP contribution in [-0.2, 0) is 6.54 Å². The Labute approximate surface area is 122 Å². The number of amides is 1. The second kappa shape index (κ2) is 5.72. The van der Waals surface area contributed by atoms with E-state index in [1.54, 1.807) is 12.3 Å². The maximum atomic E-state index is 13.7. The van der Waals surface area contributed by atoms with Crippen LogP contribution in [0, 0.1) is 24.4 Å². The molecule has 0 aliphatic rings. The van der Waals surface area contributed by atoms with E-state index in [-0.39, 0.29) is 6.54 Å². The van der Waals surface area contributed by atoms with E-state index in [2.05, 4.69) is 4.98 Å². The highest BCUT2D eigenvalue weighted by Crippen LogP contribution is 2.26. The van der Waals surface area contributed by atoms with E-state index in [9.17, 15) is 18.0 Å². The molecule has 2 rings (SSSR count). The summed E-state index contributed by atoms with van der Waals surface area (Å²) in [6.45, 7) is 1.88. The van der Waals surface area contributed by atoms with Gasteiger partial charge in [0.05, 0.1) is 12.1 Å². The standard InChI is InChI=1S/C13H11F3N2O2S/c1-6-5-21-9(17-6)4-18(2)13(20)7-3-8(14)11(16)12(19)10(7)15/h3,5,19H,4H2,1-2H3. The molecule has 0 unspecified atom stereocenters. The number of hydrogen-bond acceptors (Lipinski definition) is 4. The van der Waals surface area contributed by atoms with E-state index >= 15 is 0 Å². The molecule has 0 saturated heterocycles. The van der Waals surface area contributed by atoms with Crippen LogP contribution in [0.25, 0.3) is 0 Å². The molecule has 0 fully saturated rings. The molecule has 0 aliphatic carbocycles. The number of benzene rings is 1. The van der Waals surface area contributed by atoms with Gasteiger partial charge in [0.1, 0.15) is 5.01 Å². The largest absolute Gasteiger partial charge is 0.503 e. The van der Waals surface area contributed by atoms with E-state index < -0.39 is 34.7 Å².